The molecule has 4 nitrogen and oxygen atoms in total. The van der Waals surface area contributed by atoms with Gasteiger partial charge in [-0.1, -0.05) is 13.8 Å². The Morgan fingerprint density at radius 3 is 2.06 bits per heavy atom. The normalized spacial score (nSPS) is 31.1. The highest BCUT2D eigenvalue weighted by Crippen LogP contribution is 2.56. The van der Waals surface area contributed by atoms with Gasteiger partial charge in [-0.05, 0) is 46.0 Å². The number of esters is 1. The Labute approximate surface area is 109 Å². The van der Waals surface area contributed by atoms with Crippen molar-refractivity contribution >= 4 is 11.9 Å². The molecule has 18 heavy (non-hydrogen) atoms. The van der Waals surface area contributed by atoms with E-state index in [-0.39, 0.29) is 5.97 Å². The second kappa shape index (κ2) is 4.25. The minimum absolute atomic E-state index is 0.288. The molecule has 0 spiro atoms. The van der Waals surface area contributed by atoms with Gasteiger partial charge in [0.05, 0.1) is 11.3 Å². The fraction of sp³-hybridized carbons (Fsp3) is 0.857. The molecular formula is C14H24O4. The number of carboxylic acids is 1. The third kappa shape index (κ3) is 2.38. The van der Waals surface area contributed by atoms with Gasteiger partial charge in [0.2, 0.25) is 0 Å². The molecule has 4 heteroatoms. The number of carbonyl (C=O) groups is 2. The van der Waals surface area contributed by atoms with E-state index in [1.807, 2.05) is 41.5 Å². The van der Waals surface area contributed by atoms with Gasteiger partial charge in [-0.25, -0.2) is 0 Å². The van der Waals surface area contributed by atoms with Crippen LogP contribution in [0.5, 0.6) is 0 Å². The molecule has 0 amide bonds. The number of carbonyl (C=O) groups excluding carboxylic acids is 1. The van der Waals surface area contributed by atoms with Gasteiger partial charge in [-0.2, -0.15) is 0 Å². The van der Waals surface area contributed by atoms with E-state index in [1.165, 1.54) is 0 Å². The van der Waals surface area contributed by atoms with Crippen LogP contribution in [0.4, 0.5) is 0 Å². The van der Waals surface area contributed by atoms with E-state index in [2.05, 4.69) is 0 Å². The van der Waals surface area contributed by atoms with E-state index in [4.69, 9.17) is 4.74 Å². The summed E-state index contributed by atoms with van der Waals surface area (Å²) in [5.41, 5.74) is -1.87. The van der Waals surface area contributed by atoms with Crippen molar-refractivity contribution in [1.29, 1.82) is 0 Å². The third-order valence-corrected chi connectivity index (χ3v) is 4.37. The van der Waals surface area contributed by atoms with Gasteiger partial charge in [-0.15, -0.1) is 0 Å². The van der Waals surface area contributed by atoms with Crippen LogP contribution in [0.15, 0.2) is 0 Å². The van der Waals surface area contributed by atoms with E-state index in [1.54, 1.807) is 0 Å². The first-order valence-corrected chi connectivity index (χ1v) is 6.38. The van der Waals surface area contributed by atoms with Gasteiger partial charge in [-0.3, -0.25) is 9.59 Å². The molecule has 0 radical (unpaired) electrons. The van der Waals surface area contributed by atoms with Gasteiger partial charge >= 0.3 is 11.9 Å². The van der Waals surface area contributed by atoms with Crippen LogP contribution in [0.1, 0.15) is 54.4 Å². The van der Waals surface area contributed by atoms with Crippen molar-refractivity contribution < 1.29 is 19.4 Å². The van der Waals surface area contributed by atoms with Crippen molar-refractivity contribution in [1.82, 2.24) is 0 Å². The lowest BCUT2D eigenvalue weighted by atomic mass is 9.65. The molecule has 0 aromatic rings. The number of ether oxygens (including phenoxy) is 1. The van der Waals surface area contributed by atoms with Crippen LogP contribution < -0.4 is 0 Å². The average Bonchev–Trinajstić information content (AvgIpc) is 2.36. The zero-order valence-corrected chi connectivity index (χ0v) is 12.2. The van der Waals surface area contributed by atoms with Crippen molar-refractivity contribution in [3.8, 4) is 0 Å². The number of rotatable bonds is 2. The van der Waals surface area contributed by atoms with E-state index in [0.717, 1.165) is 0 Å². The van der Waals surface area contributed by atoms with Gasteiger partial charge in [0.15, 0.2) is 0 Å². The molecule has 0 aromatic heterocycles. The summed E-state index contributed by atoms with van der Waals surface area (Å²) in [5, 5.41) is 9.24. The summed E-state index contributed by atoms with van der Waals surface area (Å²) in [4.78, 5) is 23.6. The summed E-state index contributed by atoms with van der Waals surface area (Å²) < 4.78 is 5.46. The topological polar surface area (TPSA) is 63.6 Å². The van der Waals surface area contributed by atoms with Crippen LogP contribution in [0.25, 0.3) is 0 Å². The third-order valence-electron chi connectivity index (χ3n) is 4.37. The fourth-order valence-electron chi connectivity index (χ4n) is 2.69. The molecule has 2 atom stereocenters. The Balaban J connectivity index is 3.01. The maximum Gasteiger partial charge on any atom is 0.312 e. The monoisotopic (exact) mass is 256 g/mol. The lowest BCUT2D eigenvalue weighted by molar-refractivity contribution is -0.174. The Kier molecular flexibility index (Phi) is 3.54. The Morgan fingerprint density at radius 1 is 1.22 bits per heavy atom. The lowest BCUT2D eigenvalue weighted by Crippen LogP contribution is -2.45. The molecule has 1 saturated carbocycles. The van der Waals surface area contributed by atoms with Gasteiger partial charge < -0.3 is 9.84 Å². The lowest BCUT2D eigenvalue weighted by Gasteiger charge is -2.39. The first-order chi connectivity index (χ1) is 7.92. The van der Waals surface area contributed by atoms with Gasteiger partial charge in [0.25, 0.3) is 0 Å². The minimum Gasteiger partial charge on any atom is -0.481 e. The van der Waals surface area contributed by atoms with Crippen LogP contribution >= 0.6 is 0 Å². The molecular weight excluding hydrogens is 232 g/mol. The van der Waals surface area contributed by atoms with Crippen molar-refractivity contribution in [2.45, 2.75) is 60.0 Å². The molecule has 0 bridgehead atoms. The van der Waals surface area contributed by atoms with E-state index in [9.17, 15) is 14.7 Å². The van der Waals surface area contributed by atoms with Crippen LogP contribution in [0.3, 0.4) is 0 Å². The Hall–Kier alpha value is -1.06. The summed E-state index contributed by atoms with van der Waals surface area (Å²) in [6.45, 7) is 11.0. The van der Waals surface area contributed by atoms with Crippen molar-refractivity contribution in [3.05, 3.63) is 0 Å². The highest BCUT2D eigenvalue weighted by atomic mass is 16.6. The molecule has 1 aliphatic rings. The highest BCUT2D eigenvalue weighted by Gasteiger charge is 2.59. The number of aliphatic carboxylic acids is 1. The number of hydrogen-bond acceptors (Lipinski definition) is 3. The summed E-state index contributed by atoms with van der Waals surface area (Å²) in [6, 6.07) is 0. The van der Waals surface area contributed by atoms with Crippen molar-refractivity contribution in [2.24, 2.45) is 16.7 Å². The van der Waals surface area contributed by atoms with Gasteiger partial charge in [0.1, 0.15) is 5.60 Å². The van der Waals surface area contributed by atoms with E-state index >= 15 is 0 Å². The van der Waals surface area contributed by atoms with E-state index in [0.29, 0.717) is 12.8 Å². The van der Waals surface area contributed by atoms with Crippen LogP contribution in [0, 0.1) is 16.7 Å². The summed E-state index contributed by atoms with van der Waals surface area (Å²) in [7, 11) is 0. The van der Waals surface area contributed by atoms with Crippen molar-refractivity contribution in [3.63, 3.8) is 0 Å². The predicted octanol–water partition coefficient (Wildman–Crippen LogP) is 2.86. The molecule has 0 heterocycles. The fourth-order valence-corrected chi connectivity index (χ4v) is 2.69. The molecule has 0 aromatic carbocycles. The SMILES string of the molecule is CC(C)(C)OC(=O)[C@@]1(C)CC[C@@H](C(=O)O)C1(C)C. The smallest absolute Gasteiger partial charge is 0.312 e. The largest absolute Gasteiger partial charge is 0.481 e. The van der Waals surface area contributed by atoms with E-state index < -0.39 is 28.3 Å². The maximum absolute atomic E-state index is 12.4. The molecule has 1 fully saturated rings. The highest BCUT2D eigenvalue weighted by molar-refractivity contribution is 5.81. The number of hydrogen-bond donors (Lipinski definition) is 1. The second-order valence-electron chi connectivity index (χ2n) is 6.99. The van der Waals surface area contributed by atoms with Crippen LogP contribution in [0.2, 0.25) is 0 Å². The molecule has 0 aliphatic heterocycles. The molecule has 0 unspecified atom stereocenters. The Morgan fingerprint density at radius 2 is 1.72 bits per heavy atom. The first-order valence-electron chi connectivity index (χ1n) is 6.38. The molecule has 1 rings (SSSR count). The average molecular weight is 256 g/mol. The Bertz CT molecular complexity index is 364. The van der Waals surface area contributed by atoms with Crippen molar-refractivity contribution in [2.75, 3.05) is 0 Å². The zero-order valence-electron chi connectivity index (χ0n) is 12.2. The predicted molar refractivity (Wildman–Crippen MR) is 68.1 cm³/mol. The van der Waals surface area contributed by atoms with Crippen LogP contribution in [-0.2, 0) is 14.3 Å². The molecule has 104 valence electrons. The zero-order chi connectivity index (χ0) is 14.4. The minimum atomic E-state index is -0.827. The summed E-state index contributed by atoms with van der Waals surface area (Å²) in [6.07, 6.45) is 1.09. The summed E-state index contributed by atoms with van der Waals surface area (Å²) in [5.74, 6) is -1.61. The van der Waals surface area contributed by atoms with Crippen LogP contribution in [-0.4, -0.2) is 22.6 Å². The molecule has 1 N–H and O–H groups in total. The second-order valence-corrected chi connectivity index (χ2v) is 6.99. The standard InChI is InChI=1S/C14H24O4/c1-12(2,3)18-11(17)14(6)8-7-9(10(15)16)13(14,4)5/h9H,7-8H2,1-6H3,(H,15,16)/t9-,14+/m0/s1. The number of carboxylic acid groups (broad SMARTS) is 1. The summed E-state index contributed by atoms with van der Waals surface area (Å²) >= 11 is 0. The maximum atomic E-state index is 12.4. The quantitative estimate of drug-likeness (QED) is 0.772. The molecule has 0 saturated heterocycles. The van der Waals surface area contributed by atoms with Gasteiger partial charge in [0, 0.05) is 0 Å². The molecule has 1 aliphatic carbocycles. The first kappa shape index (κ1) is 15.0.